The largest absolute Gasteiger partial charge is 0.356 e. The van der Waals surface area contributed by atoms with Gasteiger partial charge in [-0.3, -0.25) is 4.99 Å². The van der Waals surface area contributed by atoms with Gasteiger partial charge in [0.05, 0.1) is 0 Å². The molecule has 1 aliphatic carbocycles. The number of hydrogen-bond donors (Lipinski definition) is 2. The Hall–Kier alpha value is 0. The van der Waals surface area contributed by atoms with E-state index in [1.165, 1.54) is 44.9 Å². The van der Waals surface area contributed by atoms with E-state index in [1.807, 2.05) is 7.05 Å². The molecule has 108 valence electrons. The molecule has 0 heterocycles. The first kappa shape index (κ1) is 18.0. The van der Waals surface area contributed by atoms with E-state index in [1.54, 1.807) is 0 Å². The van der Waals surface area contributed by atoms with Gasteiger partial charge in [0.1, 0.15) is 0 Å². The van der Waals surface area contributed by atoms with E-state index in [2.05, 4.69) is 29.5 Å². The molecule has 0 radical (unpaired) electrons. The third-order valence-electron chi connectivity index (χ3n) is 3.35. The summed E-state index contributed by atoms with van der Waals surface area (Å²) < 4.78 is 0. The highest BCUT2D eigenvalue weighted by Crippen LogP contribution is 2.27. The summed E-state index contributed by atoms with van der Waals surface area (Å²) in [4.78, 5) is 4.27. The number of guanidine groups is 1. The summed E-state index contributed by atoms with van der Waals surface area (Å²) in [6.07, 6.45) is 9.36. The molecule has 1 fully saturated rings. The number of rotatable bonds is 8. The van der Waals surface area contributed by atoms with Crippen molar-refractivity contribution in [3.05, 3.63) is 0 Å². The predicted molar refractivity (Wildman–Crippen MR) is 90.9 cm³/mol. The van der Waals surface area contributed by atoms with E-state index < -0.39 is 0 Å². The molecule has 0 bridgehead atoms. The second kappa shape index (κ2) is 10.9. The molecular weight excluding hydrogens is 337 g/mol. The summed E-state index contributed by atoms with van der Waals surface area (Å²) in [7, 11) is 1.85. The van der Waals surface area contributed by atoms with Crippen LogP contribution >= 0.6 is 24.0 Å². The van der Waals surface area contributed by atoms with Crippen molar-refractivity contribution < 1.29 is 0 Å². The monoisotopic (exact) mass is 367 g/mol. The first-order valence-electron chi connectivity index (χ1n) is 7.23. The highest BCUT2D eigenvalue weighted by molar-refractivity contribution is 14.0. The Balaban J connectivity index is 0.00000289. The molecule has 18 heavy (non-hydrogen) atoms. The molecular formula is C14H30IN3. The van der Waals surface area contributed by atoms with E-state index >= 15 is 0 Å². The van der Waals surface area contributed by atoms with Crippen LogP contribution < -0.4 is 10.6 Å². The Bertz CT molecular complexity index is 227. The van der Waals surface area contributed by atoms with Crippen molar-refractivity contribution in [2.45, 2.75) is 64.8 Å². The first-order chi connectivity index (χ1) is 8.26. The molecule has 0 aromatic carbocycles. The number of hydrogen-bond acceptors (Lipinski definition) is 1. The third kappa shape index (κ3) is 9.00. The second-order valence-electron chi connectivity index (χ2n) is 5.29. The maximum Gasteiger partial charge on any atom is 0.191 e. The molecule has 3 nitrogen and oxygen atoms in total. The van der Waals surface area contributed by atoms with Gasteiger partial charge in [0.25, 0.3) is 0 Å². The van der Waals surface area contributed by atoms with Crippen LogP contribution in [0, 0.1) is 5.92 Å². The lowest BCUT2D eigenvalue weighted by atomic mass is 10.1. The van der Waals surface area contributed by atoms with Crippen LogP contribution in [0.2, 0.25) is 0 Å². The molecule has 1 aliphatic rings. The van der Waals surface area contributed by atoms with E-state index in [-0.39, 0.29) is 24.0 Å². The highest BCUT2D eigenvalue weighted by atomic mass is 127. The van der Waals surface area contributed by atoms with Gasteiger partial charge in [-0.05, 0) is 32.1 Å². The second-order valence-corrected chi connectivity index (χ2v) is 5.29. The number of nitrogens with zero attached hydrogens (tertiary/aromatic N) is 1. The van der Waals surface area contributed by atoms with Crippen LogP contribution in [0.25, 0.3) is 0 Å². The van der Waals surface area contributed by atoms with Crippen LogP contribution in [0.15, 0.2) is 4.99 Å². The molecule has 1 rings (SSSR count). The fraction of sp³-hybridized carbons (Fsp3) is 0.929. The SMILES string of the molecule is CCCCCCC(C)NC(=NC)NCC1CC1.I. The smallest absolute Gasteiger partial charge is 0.191 e. The Morgan fingerprint density at radius 3 is 2.56 bits per heavy atom. The van der Waals surface area contributed by atoms with Crippen molar-refractivity contribution in [2.75, 3.05) is 13.6 Å². The van der Waals surface area contributed by atoms with E-state index in [4.69, 9.17) is 0 Å². The van der Waals surface area contributed by atoms with Crippen LogP contribution in [-0.2, 0) is 0 Å². The zero-order valence-electron chi connectivity index (χ0n) is 12.2. The van der Waals surface area contributed by atoms with Crippen LogP contribution in [0.3, 0.4) is 0 Å². The fourth-order valence-electron chi connectivity index (χ4n) is 1.94. The minimum Gasteiger partial charge on any atom is -0.356 e. The quantitative estimate of drug-likeness (QED) is 0.298. The van der Waals surface area contributed by atoms with Gasteiger partial charge in [0.2, 0.25) is 0 Å². The van der Waals surface area contributed by atoms with Crippen molar-refractivity contribution >= 4 is 29.9 Å². The Morgan fingerprint density at radius 1 is 1.28 bits per heavy atom. The van der Waals surface area contributed by atoms with E-state index in [0.717, 1.165) is 18.4 Å². The molecule has 4 heteroatoms. The minimum absolute atomic E-state index is 0. The summed E-state index contributed by atoms with van der Waals surface area (Å²) in [6, 6.07) is 0.525. The van der Waals surface area contributed by atoms with E-state index in [9.17, 15) is 0 Å². The van der Waals surface area contributed by atoms with Gasteiger partial charge < -0.3 is 10.6 Å². The normalized spacial score (nSPS) is 16.9. The van der Waals surface area contributed by atoms with Gasteiger partial charge in [-0.1, -0.05) is 32.6 Å². The lowest BCUT2D eigenvalue weighted by Gasteiger charge is -2.17. The predicted octanol–water partition coefficient (Wildman–Crippen LogP) is 3.54. The fourth-order valence-corrected chi connectivity index (χ4v) is 1.94. The van der Waals surface area contributed by atoms with Crippen molar-refractivity contribution in [3.63, 3.8) is 0 Å². The van der Waals surface area contributed by atoms with Crippen molar-refractivity contribution in [2.24, 2.45) is 10.9 Å². The molecule has 1 unspecified atom stereocenters. The topological polar surface area (TPSA) is 36.4 Å². The van der Waals surface area contributed by atoms with Gasteiger partial charge in [-0.2, -0.15) is 0 Å². The molecule has 0 aromatic heterocycles. The number of nitrogens with one attached hydrogen (secondary N) is 2. The minimum atomic E-state index is 0. The van der Waals surface area contributed by atoms with Gasteiger partial charge in [-0.25, -0.2) is 0 Å². The van der Waals surface area contributed by atoms with Gasteiger partial charge in [0.15, 0.2) is 5.96 Å². The van der Waals surface area contributed by atoms with Gasteiger partial charge >= 0.3 is 0 Å². The van der Waals surface area contributed by atoms with Crippen molar-refractivity contribution in [1.29, 1.82) is 0 Å². The van der Waals surface area contributed by atoms with E-state index in [0.29, 0.717) is 6.04 Å². The lowest BCUT2D eigenvalue weighted by molar-refractivity contribution is 0.536. The summed E-state index contributed by atoms with van der Waals surface area (Å²) in [5.74, 6) is 1.87. The zero-order chi connectivity index (χ0) is 12.5. The number of halogens is 1. The highest BCUT2D eigenvalue weighted by Gasteiger charge is 2.21. The van der Waals surface area contributed by atoms with Gasteiger partial charge in [0, 0.05) is 19.6 Å². The Labute approximate surface area is 130 Å². The van der Waals surface area contributed by atoms with Crippen LogP contribution in [0.5, 0.6) is 0 Å². The summed E-state index contributed by atoms with van der Waals surface area (Å²) in [6.45, 7) is 5.59. The first-order valence-corrected chi connectivity index (χ1v) is 7.23. The van der Waals surface area contributed by atoms with Crippen LogP contribution in [-0.4, -0.2) is 25.6 Å². The van der Waals surface area contributed by atoms with Crippen molar-refractivity contribution in [3.8, 4) is 0 Å². The van der Waals surface area contributed by atoms with Crippen LogP contribution in [0.1, 0.15) is 58.8 Å². The summed E-state index contributed by atoms with van der Waals surface area (Å²) in [5, 5.41) is 6.87. The average molecular weight is 367 g/mol. The van der Waals surface area contributed by atoms with Crippen molar-refractivity contribution in [1.82, 2.24) is 10.6 Å². The Kier molecular flexibility index (Phi) is 10.9. The maximum absolute atomic E-state index is 4.27. The number of unbranched alkanes of at least 4 members (excludes halogenated alkanes) is 3. The molecule has 0 spiro atoms. The molecule has 0 aromatic rings. The van der Waals surface area contributed by atoms with Crippen LogP contribution in [0.4, 0.5) is 0 Å². The standard InChI is InChI=1S/C14H29N3.HI/c1-4-5-6-7-8-12(2)17-14(15-3)16-11-13-9-10-13;/h12-13H,4-11H2,1-3H3,(H2,15,16,17);1H. The molecule has 0 saturated heterocycles. The lowest BCUT2D eigenvalue weighted by Crippen LogP contribution is -2.42. The average Bonchev–Trinajstić information content (AvgIpc) is 3.14. The van der Waals surface area contributed by atoms with Gasteiger partial charge in [-0.15, -0.1) is 24.0 Å². The molecule has 2 N–H and O–H groups in total. The number of aliphatic imine (C=N–C) groups is 1. The third-order valence-corrected chi connectivity index (χ3v) is 3.35. The molecule has 1 atom stereocenters. The summed E-state index contributed by atoms with van der Waals surface area (Å²) in [5.41, 5.74) is 0. The molecule has 0 amide bonds. The maximum atomic E-state index is 4.27. The summed E-state index contributed by atoms with van der Waals surface area (Å²) >= 11 is 0. The molecule has 0 aliphatic heterocycles. The zero-order valence-corrected chi connectivity index (χ0v) is 14.5. The molecule has 1 saturated carbocycles. The Morgan fingerprint density at radius 2 is 2.00 bits per heavy atom.